The summed E-state index contributed by atoms with van der Waals surface area (Å²) in [4.78, 5) is 0. The lowest BCUT2D eigenvalue weighted by Crippen LogP contribution is -2.22. The van der Waals surface area contributed by atoms with Crippen LogP contribution in [-0.2, 0) is 10.8 Å². The van der Waals surface area contributed by atoms with Gasteiger partial charge in [0.15, 0.2) is 0 Å². The van der Waals surface area contributed by atoms with Gasteiger partial charge in [-0.05, 0) is 12.8 Å². The van der Waals surface area contributed by atoms with Crippen molar-refractivity contribution in [2.75, 3.05) is 11.5 Å². The summed E-state index contributed by atoms with van der Waals surface area (Å²) in [7, 11) is -0.965. The van der Waals surface area contributed by atoms with Gasteiger partial charge in [-0.1, -0.05) is 13.8 Å². The van der Waals surface area contributed by atoms with Crippen LogP contribution in [-0.4, -0.2) is 24.4 Å². The summed E-state index contributed by atoms with van der Waals surface area (Å²) in [6, 6.07) is 0. The van der Waals surface area contributed by atoms with Crippen LogP contribution >= 0.6 is 46.4 Å². The first-order valence-electron chi connectivity index (χ1n) is 5.12. The van der Waals surface area contributed by atoms with E-state index in [0.717, 1.165) is 0 Å². The third-order valence-corrected chi connectivity index (χ3v) is 7.98. The lowest BCUT2D eigenvalue weighted by atomic mass is 10.2. The Hall–Kier alpha value is 1.31. The average molecular weight is 324 g/mol. The van der Waals surface area contributed by atoms with Crippen LogP contribution in [0.15, 0.2) is 0 Å². The molecule has 2 saturated carbocycles. The van der Waals surface area contributed by atoms with E-state index in [1.807, 2.05) is 13.8 Å². The molecule has 2 fully saturated rings. The molecule has 0 aromatic carbocycles. The minimum Gasteiger partial charge on any atom is -0.260 e. The van der Waals surface area contributed by atoms with Crippen molar-refractivity contribution in [3.05, 3.63) is 0 Å². The Kier molecular flexibility index (Phi) is 3.14. The zero-order valence-electron chi connectivity index (χ0n) is 9.16. The van der Waals surface area contributed by atoms with Crippen LogP contribution in [0.2, 0.25) is 0 Å². The fraction of sp³-hybridized carbons (Fsp3) is 1.00. The van der Waals surface area contributed by atoms with Gasteiger partial charge >= 0.3 is 0 Å². The number of hydrogen-bond acceptors (Lipinski definition) is 1. The standard InChI is InChI=1S/C10H14Cl4OS/c1-7(3-9(7,11)12)5-16(15)6-8(2)4-10(8,13)14/h3-6H2,1-2H3/t7-,8-/m0/s1. The second-order valence-electron chi connectivity index (χ2n) is 5.61. The molecular weight excluding hydrogens is 310 g/mol. The summed E-state index contributed by atoms with van der Waals surface area (Å²) in [5.41, 5.74) is -0.430. The molecule has 16 heavy (non-hydrogen) atoms. The topological polar surface area (TPSA) is 17.1 Å². The van der Waals surface area contributed by atoms with Crippen LogP contribution in [0.1, 0.15) is 26.7 Å². The predicted octanol–water partition coefficient (Wildman–Crippen LogP) is 3.90. The Morgan fingerprint density at radius 1 is 0.938 bits per heavy atom. The van der Waals surface area contributed by atoms with Crippen molar-refractivity contribution in [1.82, 2.24) is 0 Å². The molecule has 0 bridgehead atoms. The molecule has 0 aromatic rings. The lowest BCUT2D eigenvalue weighted by molar-refractivity contribution is 0.598. The first kappa shape index (κ1) is 13.7. The van der Waals surface area contributed by atoms with Gasteiger partial charge in [0.1, 0.15) is 8.67 Å². The summed E-state index contributed by atoms with van der Waals surface area (Å²) >= 11 is 24.1. The molecule has 0 spiro atoms. The molecule has 2 atom stereocenters. The van der Waals surface area contributed by atoms with Crippen LogP contribution in [0.4, 0.5) is 0 Å². The van der Waals surface area contributed by atoms with E-state index in [-0.39, 0.29) is 10.8 Å². The van der Waals surface area contributed by atoms with E-state index in [1.165, 1.54) is 0 Å². The molecule has 0 N–H and O–H groups in total. The SMILES string of the molecule is C[C@@]1(CS(=O)C[C@]2(C)CC2(Cl)Cl)CC1(Cl)Cl. The van der Waals surface area contributed by atoms with Crippen molar-refractivity contribution in [1.29, 1.82) is 0 Å². The first-order valence-corrected chi connectivity index (χ1v) is 8.12. The minimum atomic E-state index is -0.965. The van der Waals surface area contributed by atoms with E-state index < -0.39 is 19.5 Å². The first-order chi connectivity index (χ1) is 7.02. The van der Waals surface area contributed by atoms with Crippen LogP contribution in [0, 0.1) is 10.8 Å². The van der Waals surface area contributed by atoms with Gasteiger partial charge in [0.2, 0.25) is 0 Å². The van der Waals surface area contributed by atoms with Crippen molar-refractivity contribution in [2.24, 2.45) is 10.8 Å². The zero-order chi connectivity index (χ0) is 12.4. The predicted molar refractivity (Wildman–Crippen MR) is 72.2 cm³/mol. The van der Waals surface area contributed by atoms with Crippen molar-refractivity contribution in [3.63, 3.8) is 0 Å². The Balaban J connectivity index is 1.88. The molecule has 0 aliphatic heterocycles. The molecular formula is C10H14Cl4OS. The summed E-state index contributed by atoms with van der Waals surface area (Å²) in [5.74, 6) is 1.05. The highest BCUT2D eigenvalue weighted by Gasteiger charge is 2.66. The summed E-state index contributed by atoms with van der Waals surface area (Å²) < 4.78 is 10.6. The lowest BCUT2D eigenvalue weighted by Gasteiger charge is -2.15. The fourth-order valence-corrected chi connectivity index (χ4v) is 5.95. The second-order valence-corrected chi connectivity index (χ2v) is 10.0. The molecule has 0 aromatic heterocycles. The van der Waals surface area contributed by atoms with Gasteiger partial charge < -0.3 is 0 Å². The van der Waals surface area contributed by atoms with Gasteiger partial charge in [-0.15, -0.1) is 46.4 Å². The van der Waals surface area contributed by atoms with Crippen molar-refractivity contribution >= 4 is 57.2 Å². The van der Waals surface area contributed by atoms with E-state index >= 15 is 0 Å². The van der Waals surface area contributed by atoms with E-state index in [1.54, 1.807) is 0 Å². The molecule has 0 heterocycles. The molecule has 6 heteroatoms. The molecule has 2 aliphatic rings. The fourth-order valence-electron chi connectivity index (χ4n) is 1.97. The largest absolute Gasteiger partial charge is 0.260 e. The summed E-state index contributed by atoms with van der Waals surface area (Å²) in [6.45, 7) is 3.93. The normalized spacial score (nSPS) is 43.4. The Morgan fingerprint density at radius 3 is 1.38 bits per heavy atom. The van der Waals surface area contributed by atoms with Gasteiger partial charge in [0.05, 0.1) is 0 Å². The Morgan fingerprint density at radius 2 is 1.19 bits per heavy atom. The van der Waals surface area contributed by atoms with E-state index in [0.29, 0.717) is 24.3 Å². The van der Waals surface area contributed by atoms with Gasteiger partial charge in [0.25, 0.3) is 0 Å². The monoisotopic (exact) mass is 322 g/mol. The Labute approximate surface area is 119 Å². The van der Waals surface area contributed by atoms with Gasteiger partial charge in [0, 0.05) is 33.1 Å². The van der Waals surface area contributed by atoms with Crippen molar-refractivity contribution < 1.29 is 4.21 Å². The molecule has 0 unspecified atom stereocenters. The molecule has 0 amide bonds. The van der Waals surface area contributed by atoms with E-state index in [2.05, 4.69) is 0 Å². The van der Waals surface area contributed by atoms with Crippen LogP contribution in [0.5, 0.6) is 0 Å². The highest BCUT2D eigenvalue weighted by atomic mass is 35.5. The van der Waals surface area contributed by atoms with E-state index in [4.69, 9.17) is 46.4 Å². The van der Waals surface area contributed by atoms with Gasteiger partial charge in [-0.25, -0.2) is 0 Å². The molecule has 0 radical (unpaired) electrons. The quantitative estimate of drug-likeness (QED) is 0.717. The van der Waals surface area contributed by atoms with Crippen molar-refractivity contribution in [3.8, 4) is 0 Å². The third kappa shape index (κ3) is 2.25. The van der Waals surface area contributed by atoms with Gasteiger partial charge in [-0.3, -0.25) is 4.21 Å². The van der Waals surface area contributed by atoms with Crippen LogP contribution in [0.3, 0.4) is 0 Å². The maximum absolute atomic E-state index is 12.0. The number of halogens is 4. The molecule has 2 aliphatic carbocycles. The highest BCUT2D eigenvalue weighted by molar-refractivity contribution is 7.85. The minimum absolute atomic E-state index is 0.215. The third-order valence-electron chi connectivity index (χ3n) is 3.70. The summed E-state index contributed by atoms with van der Waals surface area (Å²) in [6.07, 6.45) is 1.41. The van der Waals surface area contributed by atoms with Gasteiger partial charge in [-0.2, -0.15) is 0 Å². The maximum atomic E-state index is 12.0. The molecule has 0 saturated heterocycles. The number of alkyl halides is 4. The second kappa shape index (κ2) is 3.66. The molecule has 2 rings (SSSR count). The molecule has 1 nitrogen and oxygen atoms in total. The van der Waals surface area contributed by atoms with Crippen LogP contribution < -0.4 is 0 Å². The Bertz CT molecular complexity index is 325. The van der Waals surface area contributed by atoms with Crippen LogP contribution in [0.25, 0.3) is 0 Å². The number of rotatable bonds is 4. The number of hydrogen-bond donors (Lipinski definition) is 0. The highest BCUT2D eigenvalue weighted by Crippen LogP contribution is 2.66. The van der Waals surface area contributed by atoms with E-state index in [9.17, 15) is 4.21 Å². The summed E-state index contributed by atoms with van der Waals surface area (Å²) in [5, 5.41) is 0. The van der Waals surface area contributed by atoms with Crippen molar-refractivity contribution in [2.45, 2.75) is 35.4 Å². The molecule has 94 valence electrons. The maximum Gasteiger partial charge on any atom is 0.125 e. The average Bonchev–Trinajstić information content (AvgIpc) is 2.64. The smallest absolute Gasteiger partial charge is 0.125 e. The zero-order valence-corrected chi connectivity index (χ0v) is 13.0.